The van der Waals surface area contributed by atoms with Crippen LogP contribution in [0.2, 0.25) is 0 Å². The van der Waals surface area contributed by atoms with Crippen molar-refractivity contribution in [2.24, 2.45) is 0 Å². The van der Waals surface area contributed by atoms with Gasteiger partial charge in [-0.05, 0) is 37.6 Å². The second-order valence-corrected chi connectivity index (χ2v) is 8.65. The largest absolute Gasteiger partial charge is 0.356 e. The summed E-state index contributed by atoms with van der Waals surface area (Å²) >= 11 is 0. The highest BCUT2D eigenvalue weighted by molar-refractivity contribution is 7.91. The molecule has 2 N–H and O–H groups in total. The Balaban J connectivity index is 1.41. The molecule has 6 nitrogen and oxygen atoms in total. The Bertz CT molecular complexity index is 991. The number of H-pyrrole nitrogens is 1. The minimum atomic E-state index is -3.44. The predicted octanol–water partition coefficient (Wildman–Crippen LogP) is 2.78. The van der Waals surface area contributed by atoms with E-state index in [0.717, 1.165) is 35.3 Å². The quantitative estimate of drug-likeness (QED) is 0.583. The van der Waals surface area contributed by atoms with Crippen molar-refractivity contribution < 1.29 is 13.2 Å². The highest BCUT2D eigenvalue weighted by atomic mass is 32.2. The standard InChI is InChI=1S/C20H23N3O3S/c1-15-8-10-16(11-9-15)27(25,26)14-12-20(24)21-13-4-7-19-22-17-5-2-3-6-18(17)23-19/h2-3,5-6,8-11H,4,7,12-14H2,1H3,(H,21,24)(H,22,23). The topological polar surface area (TPSA) is 91.9 Å². The van der Waals surface area contributed by atoms with Gasteiger partial charge in [0.1, 0.15) is 5.82 Å². The molecule has 0 unspecified atom stereocenters. The van der Waals surface area contributed by atoms with Crippen molar-refractivity contribution in [3.8, 4) is 0 Å². The maximum atomic E-state index is 12.3. The van der Waals surface area contributed by atoms with Crippen molar-refractivity contribution in [1.29, 1.82) is 0 Å². The number of sulfone groups is 1. The molecule has 0 aliphatic carbocycles. The number of carbonyl (C=O) groups is 1. The molecule has 0 atom stereocenters. The van der Waals surface area contributed by atoms with Crippen LogP contribution in [-0.4, -0.2) is 36.6 Å². The van der Waals surface area contributed by atoms with Gasteiger partial charge in [0.25, 0.3) is 0 Å². The van der Waals surface area contributed by atoms with Crippen LogP contribution in [0.3, 0.4) is 0 Å². The molecule has 0 saturated carbocycles. The van der Waals surface area contributed by atoms with Gasteiger partial charge < -0.3 is 10.3 Å². The maximum Gasteiger partial charge on any atom is 0.221 e. The first-order valence-electron chi connectivity index (χ1n) is 8.94. The van der Waals surface area contributed by atoms with Crippen molar-refractivity contribution >= 4 is 26.8 Å². The number of aromatic nitrogens is 2. The molecule has 0 radical (unpaired) electrons. The normalized spacial score (nSPS) is 11.6. The molecule has 142 valence electrons. The second-order valence-electron chi connectivity index (χ2n) is 6.54. The molecule has 0 saturated heterocycles. The van der Waals surface area contributed by atoms with E-state index in [4.69, 9.17) is 0 Å². The minimum absolute atomic E-state index is 0.0408. The Hall–Kier alpha value is -2.67. The molecule has 0 aliphatic rings. The van der Waals surface area contributed by atoms with Gasteiger partial charge in [0.05, 0.1) is 21.7 Å². The highest BCUT2D eigenvalue weighted by Gasteiger charge is 2.16. The lowest BCUT2D eigenvalue weighted by atomic mass is 10.2. The maximum absolute atomic E-state index is 12.3. The number of para-hydroxylation sites is 2. The van der Waals surface area contributed by atoms with Crippen molar-refractivity contribution in [2.75, 3.05) is 12.3 Å². The van der Waals surface area contributed by atoms with Gasteiger partial charge in [-0.1, -0.05) is 29.8 Å². The van der Waals surface area contributed by atoms with Crippen LogP contribution in [0.25, 0.3) is 11.0 Å². The molecule has 3 rings (SSSR count). The smallest absolute Gasteiger partial charge is 0.221 e. The third-order valence-corrected chi connectivity index (χ3v) is 6.06. The van der Waals surface area contributed by atoms with Crippen LogP contribution in [0.5, 0.6) is 0 Å². The van der Waals surface area contributed by atoms with Crippen molar-refractivity contribution in [1.82, 2.24) is 15.3 Å². The van der Waals surface area contributed by atoms with E-state index in [0.29, 0.717) is 6.54 Å². The first-order valence-corrected chi connectivity index (χ1v) is 10.6. The minimum Gasteiger partial charge on any atom is -0.356 e. The first-order chi connectivity index (χ1) is 12.9. The summed E-state index contributed by atoms with van der Waals surface area (Å²) in [6, 6.07) is 14.5. The average Bonchev–Trinajstić information content (AvgIpc) is 3.07. The monoisotopic (exact) mass is 385 g/mol. The molecular weight excluding hydrogens is 362 g/mol. The molecule has 1 amide bonds. The van der Waals surface area contributed by atoms with Crippen LogP contribution in [0.4, 0.5) is 0 Å². The van der Waals surface area contributed by atoms with Crippen LogP contribution in [0.1, 0.15) is 24.2 Å². The van der Waals surface area contributed by atoms with Crippen molar-refractivity contribution in [2.45, 2.75) is 31.1 Å². The first kappa shape index (κ1) is 19.1. The lowest BCUT2D eigenvalue weighted by Crippen LogP contribution is -2.26. The summed E-state index contributed by atoms with van der Waals surface area (Å²) in [6.45, 7) is 2.38. The number of nitrogens with zero attached hydrogens (tertiary/aromatic N) is 1. The van der Waals surface area contributed by atoms with Crippen LogP contribution < -0.4 is 5.32 Å². The molecule has 1 heterocycles. The lowest BCUT2D eigenvalue weighted by molar-refractivity contribution is -0.120. The molecule has 3 aromatic rings. The molecule has 7 heteroatoms. The van der Waals surface area contributed by atoms with Crippen LogP contribution in [0.15, 0.2) is 53.4 Å². The Morgan fingerprint density at radius 3 is 2.59 bits per heavy atom. The number of nitrogens with one attached hydrogen (secondary N) is 2. The van der Waals surface area contributed by atoms with E-state index < -0.39 is 9.84 Å². The zero-order valence-electron chi connectivity index (χ0n) is 15.2. The summed E-state index contributed by atoms with van der Waals surface area (Å²) in [5.74, 6) is 0.438. The fraction of sp³-hybridized carbons (Fsp3) is 0.300. The van der Waals surface area contributed by atoms with E-state index in [9.17, 15) is 13.2 Å². The fourth-order valence-corrected chi connectivity index (χ4v) is 4.03. The predicted molar refractivity (Wildman–Crippen MR) is 105 cm³/mol. The van der Waals surface area contributed by atoms with E-state index in [1.54, 1.807) is 24.3 Å². The molecule has 1 aromatic heterocycles. The Labute approximate surface area is 158 Å². The zero-order valence-corrected chi connectivity index (χ0v) is 16.1. The molecule has 27 heavy (non-hydrogen) atoms. The summed E-state index contributed by atoms with van der Waals surface area (Å²) in [5, 5.41) is 2.77. The molecule has 0 spiro atoms. The Morgan fingerprint density at radius 2 is 1.85 bits per heavy atom. The van der Waals surface area contributed by atoms with Gasteiger partial charge in [0, 0.05) is 19.4 Å². The summed E-state index contributed by atoms with van der Waals surface area (Å²) < 4.78 is 24.5. The van der Waals surface area contributed by atoms with Crippen LogP contribution in [-0.2, 0) is 21.1 Å². The van der Waals surface area contributed by atoms with Gasteiger partial charge in [0.2, 0.25) is 5.91 Å². The Kier molecular flexibility index (Phi) is 5.91. The molecular formula is C20H23N3O3S. The van der Waals surface area contributed by atoms with Crippen molar-refractivity contribution in [3.05, 3.63) is 59.9 Å². The van der Waals surface area contributed by atoms with Crippen LogP contribution >= 0.6 is 0 Å². The van der Waals surface area contributed by atoms with E-state index >= 15 is 0 Å². The van der Waals surface area contributed by atoms with Gasteiger partial charge in [-0.2, -0.15) is 0 Å². The Morgan fingerprint density at radius 1 is 1.11 bits per heavy atom. The zero-order chi connectivity index (χ0) is 19.3. The SMILES string of the molecule is Cc1ccc(S(=O)(=O)CCC(=O)NCCCc2nc3ccccc3[nH]2)cc1. The third kappa shape index (κ3) is 5.17. The second kappa shape index (κ2) is 8.35. The average molecular weight is 385 g/mol. The number of carbonyl (C=O) groups excluding carboxylic acids is 1. The van der Waals surface area contributed by atoms with Gasteiger partial charge in [-0.25, -0.2) is 13.4 Å². The number of amides is 1. The summed E-state index contributed by atoms with van der Waals surface area (Å²) in [6.07, 6.45) is 1.41. The molecule has 0 fully saturated rings. The number of rotatable bonds is 8. The van der Waals surface area contributed by atoms with E-state index in [1.165, 1.54) is 0 Å². The van der Waals surface area contributed by atoms with Crippen LogP contribution in [0, 0.1) is 6.92 Å². The summed E-state index contributed by atoms with van der Waals surface area (Å²) in [4.78, 5) is 19.9. The molecule has 2 aromatic carbocycles. The van der Waals surface area contributed by atoms with E-state index in [2.05, 4.69) is 15.3 Å². The van der Waals surface area contributed by atoms with Gasteiger partial charge in [0.15, 0.2) is 9.84 Å². The third-order valence-electron chi connectivity index (χ3n) is 4.33. The fourth-order valence-electron chi connectivity index (χ4n) is 2.79. The number of hydrogen-bond donors (Lipinski definition) is 2. The summed E-state index contributed by atoms with van der Waals surface area (Å²) in [7, 11) is -3.44. The number of benzene rings is 2. The van der Waals surface area contributed by atoms with Crippen molar-refractivity contribution in [3.63, 3.8) is 0 Å². The number of imidazole rings is 1. The lowest BCUT2D eigenvalue weighted by Gasteiger charge is -2.06. The number of hydrogen-bond acceptors (Lipinski definition) is 4. The number of aromatic amines is 1. The van der Waals surface area contributed by atoms with E-state index in [1.807, 2.05) is 31.2 Å². The van der Waals surface area contributed by atoms with Gasteiger partial charge >= 0.3 is 0 Å². The highest BCUT2D eigenvalue weighted by Crippen LogP contribution is 2.13. The number of fused-ring (bicyclic) bond motifs is 1. The molecule has 0 bridgehead atoms. The molecule has 0 aliphatic heterocycles. The number of aryl methyl sites for hydroxylation is 2. The van der Waals surface area contributed by atoms with Gasteiger partial charge in [-0.3, -0.25) is 4.79 Å². The van der Waals surface area contributed by atoms with E-state index in [-0.39, 0.29) is 23.0 Å². The van der Waals surface area contributed by atoms with Gasteiger partial charge in [-0.15, -0.1) is 0 Å². The summed E-state index contributed by atoms with van der Waals surface area (Å²) in [5.41, 5.74) is 2.92.